The van der Waals surface area contributed by atoms with Crippen LogP contribution in [0.5, 0.6) is 0 Å². The molecule has 1 unspecified atom stereocenters. The van der Waals surface area contributed by atoms with Crippen LogP contribution >= 0.6 is 0 Å². The summed E-state index contributed by atoms with van der Waals surface area (Å²) in [4.78, 5) is 50.8. The van der Waals surface area contributed by atoms with Crippen LogP contribution in [0.3, 0.4) is 0 Å². The van der Waals surface area contributed by atoms with Gasteiger partial charge in [-0.3, -0.25) is 9.59 Å². The van der Waals surface area contributed by atoms with E-state index in [1.807, 2.05) is 6.92 Å². The molecule has 2 aromatic rings. The summed E-state index contributed by atoms with van der Waals surface area (Å²) in [7, 11) is 0. The second-order valence-electron chi connectivity index (χ2n) is 9.98. The van der Waals surface area contributed by atoms with Gasteiger partial charge in [0.25, 0.3) is 0 Å². The van der Waals surface area contributed by atoms with E-state index >= 15 is 0 Å². The van der Waals surface area contributed by atoms with E-state index in [0.29, 0.717) is 18.4 Å². The van der Waals surface area contributed by atoms with Crippen molar-refractivity contribution in [2.45, 2.75) is 51.1 Å². The number of hydrogen-bond donors (Lipinski definition) is 5. The summed E-state index contributed by atoms with van der Waals surface area (Å²) < 4.78 is 13.2. The van der Waals surface area contributed by atoms with Crippen molar-refractivity contribution in [2.24, 2.45) is 5.92 Å². The van der Waals surface area contributed by atoms with Gasteiger partial charge in [0.2, 0.25) is 5.91 Å². The zero-order valence-corrected chi connectivity index (χ0v) is 22.6. The van der Waals surface area contributed by atoms with Crippen molar-refractivity contribution in [2.75, 3.05) is 26.2 Å². The van der Waals surface area contributed by atoms with Crippen molar-refractivity contribution < 1.29 is 33.8 Å². The SMILES string of the molecule is CCCCN(CC(CNC(=O)[C@@H]1CCCN1)C(=O)O)C(=O)N[C@@H](Cc1ccc(-c2ccc(F)cc2)cc1)C(=O)O. The van der Waals surface area contributed by atoms with Crippen molar-refractivity contribution in [3.8, 4) is 11.1 Å². The average Bonchev–Trinajstić information content (AvgIpc) is 3.48. The highest BCUT2D eigenvalue weighted by Crippen LogP contribution is 2.21. The van der Waals surface area contributed by atoms with Crippen LogP contribution in [0.15, 0.2) is 48.5 Å². The predicted molar refractivity (Wildman–Crippen MR) is 147 cm³/mol. The molecule has 0 radical (unpaired) electrons. The van der Waals surface area contributed by atoms with E-state index in [1.54, 1.807) is 36.4 Å². The summed E-state index contributed by atoms with van der Waals surface area (Å²) >= 11 is 0. The first-order valence-electron chi connectivity index (χ1n) is 13.5. The Hall–Kier alpha value is -3.99. The van der Waals surface area contributed by atoms with E-state index in [0.717, 1.165) is 30.5 Å². The maximum atomic E-state index is 13.2. The van der Waals surface area contributed by atoms with Gasteiger partial charge in [-0.15, -0.1) is 0 Å². The molecule has 2 aromatic carbocycles. The van der Waals surface area contributed by atoms with Crippen molar-refractivity contribution >= 4 is 23.9 Å². The van der Waals surface area contributed by atoms with Crippen LogP contribution in [0.2, 0.25) is 0 Å². The van der Waals surface area contributed by atoms with Gasteiger partial charge in [-0.1, -0.05) is 49.7 Å². The molecular formula is C29H37FN4O6. The minimum Gasteiger partial charge on any atom is -0.481 e. The smallest absolute Gasteiger partial charge is 0.326 e. The first kappa shape index (κ1) is 30.6. The maximum Gasteiger partial charge on any atom is 0.326 e. The molecule has 0 bridgehead atoms. The summed E-state index contributed by atoms with van der Waals surface area (Å²) in [6.07, 6.45) is 2.91. The molecule has 3 amide bonds. The standard InChI is InChI=1S/C29H37FN4O6/c1-2-3-15-34(18-22(27(36)37)17-32-26(35)24-5-4-14-31-24)29(40)33-25(28(38)39)16-19-6-8-20(9-7-19)21-10-12-23(30)13-11-21/h6-13,22,24-25,31H,2-5,14-18H2,1H3,(H,32,35)(H,33,40)(H,36,37)(H,38,39)/t22?,24-,25-/m0/s1. The monoisotopic (exact) mass is 556 g/mol. The lowest BCUT2D eigenvalue weighted by Gasteiger charge is -2.28. The van der Waals surface area contributed by atoms with Crippen molar-refractivity contribution in [1.29, 1.82) is 0 Å². The molecule has 0 spiro atoms. The molecule has 1 fully saturated rings. The number of urea groups is 1. The van der Waals surface area contributed by atoms with Crippen LogP contribution in [0.1, 0.15) is 38.2 Å². The molecule has 216 valence electrons. The van der Waals surface area contributed by atoms with Gasteiger partial charge in [-0.05, 0) is 54.6 Å². The Kier molecular flexibility index (Phi) is 11.4. The molecule has 1 aliphatic rings. The molecule has 3 rings (SSSR count). The number of amides is 3. The normalized spacial score (nSPS) is 16.1. The second-order valence-corrected chi connectivity index (χ2v) is 9.98. The summed E-state index contributed by atoms with van der Waals surface area (Å²) in [5.41, 5.74) is 2.32. The predicted octanol–water partition coefficient (Wildman–Crippen LogP) is 2.87. The molecule has 0 aliphatic carbocycles. The van der Waals surface area contributed by atoms with Gasteiger partial charge < -0.3 is 31.1 Å². The van der Waals surface area contributed by atoms with E-state index in [1.165, 1.54) is 17.0 Å². The fourth-order valence-electron chi connectivity index (χ4n) is 4.53. The van der Waals surface area contributed by atoms with Gasteiger partial charge in [0.1, 0.15) is 11.9 Å². The van der Waals surface area contributed by atoms with Crippen molar-refractivity contribution in [3.05, 3.63) is 59.9 Å². The molecule has 3 atom stereocenters. The van der Waals surface area contributed by atoms with Crippen LogP contribution in [0.25, 0.3) is 11.1 Å². The molecular weight excluding hydrogens is 519 g/mol. The Morgan fingerprint density at radius 2 is 1.68 bits per heavy atom. The third-order valence-electron chi connectivity index (χ3n) is 6.93. The number of hydrogen-bond acceptors (Lipinski definition) is 5. The summed E-state index contributed by atoms with van der Waals surface area (Å²) in [6.45, 7) is 2.57. The quantitative estimate of drug-likeness (QED) is 0.240. The largest absolute Gasteiger partial charge is 0.481 e. The number of unbranched alkanes of at least 4 members (excludes halogenated alkanes) is 1. The average molecular weight is 557 g/mol. The molecule has 5 N–H and O–H groups in total. The Morgan fingerprint density at radius 1 is 1.02 bits per heavy atom. The van der Waals surface area contributed by atoms with E-state index in [9.17, 15) is 33.8 Å². The first-order valence-corrected chi connectivity index (χ1v) is 13.5. The van der Waals surface area contributed by atoms with Crippen LogP contribution < -0.4 is 16.0 Å². The van der Waals surface area contributed by atoms with Crippen LogP contribution in [-0.2, 0) is 20.8 Å². The fourth-order valence-corrected chi connectivity index (χ4v) is 4.53. The highest BCUT2D eigenvalue weighted by molar-refractivity contribution is 5.84. The number of nitrogens with one attached hydrogen (secondary N) is 3. The number of aliphatic carboxylic acids is 2. The number of rotatable bonds is 14. The third-order valence-corrected chi connectivity index (χ3v) is 6.93. The first-order chi connectivity index (χ1) is 19.2. The minimum absolute atomic E-state index is 0.0131. The van der Waals surface area contributed by atoms with Crippen molar-refractivity contribution in [3.63, 3.8) is 0 Å². The highest BCUT2D eigenvalue weighted by atomic mass is 19.1. The van der Waals surface area contributed by atoms with E-state index < -0.39 is 29.9 Å². The zero-order chi connectivity index (χ0) is 29.1. The molecule has 11 heteroatoms. The Balaban J connectivity index is 1.64. The lowest BCUT2D eigenvalue weighted by Crippen LogP contribution is -2.52. The minimum atomic E-state index is -1.25. The van der Waals surface area contributed by atoms with Gasteiger partial charge in [-0.25, -0.2) is 14.0 Å². The van der Waals surface area contributed by atoms with Crippen LogP contribution in [0.4, 0.5) is 9.18 Å². The Labute approximate surface area is 232 Å². The number of nitrogens with zero attached hydrogens (tertiary/aromatic N) is 1. The zero-order valence-electron chi connectivity index (χ0n) is 22.6. The van der Waals surface area contributed by atoms with E-state index in [-0.39, 0.29) is 43.8 Å². The number of halogens is 1. The number of carbonyl (C=O) groups excluding carboxylic acids is 2. The van der Waals surface area contributed by atoms with Gasteiger partial charge in [-0.2, -0.15) is 0 Å². The number of carbonyl (C=O) groups is 4. The van der Waals surface area contributed by atoms with Crippen LogP contribution in [-0.4, -0.2) is 77.3 Å². The van der Waals surface area contributed by atoms with Gasteiger partial charge in [0, 0.05) is 26.1 Å². The molecule has 40 heavy (non-hydrogen) atoms. The molecule has 1 aliphatic heterocycles. The van der Waals surface area contributed by atoms with E-state index in [4.69, 9.17) is 0 Å². The molecule has 10 nitrogen and oxygen atoms in total. The second kappa shape index (κ2) is 15.0. The topological polar surface area (TPSA) is 148 Å². The molecule has 0 aromatic heterocycles. The maximum absolute atomic E-state index is 13.2. The van der Waals surface area contributed by atoms with Crippen LogP contribution in [0, 0.1) is 11.7 Å². The van der Waals surface area contributed by atoms with Crippen molar-refractivity contribution in [1.82, 2.24) is 20.9 Å². The molecule has 0 saturated carbocycles. The highest BCUT2D eigenvalue weighted by Gasteiger charge is 2.29. The fraction of sp³-hybridized carbons (Fsp3) is 0.448. The van der Waals surface area contributed by atoms with Gasteiger partial charge in [0.15, 0.2) is 0 Å². The summed E-state index contributed by atoms with van der Waals surface area (Å²) in [6, 6.07) is 10.8. The Morgan fingerprint density at radius 3 is 2.23 bits per heavy atom. The van der Waals surface area contributed by atoms with Gasteiger partial charge in [0.05, 0.1) is 12.0 Å². The number of carboxylic acids is 2. The number of benzene rings is 2. The molecule has 1 saturated heterocycles. The lowest BCUT2D eigenvalue weighted by atomic mass is 10.0. The lowest BCUT2D eigenvalue weighted by molar-refractivity contribution is -0.142. The Bertz CT molecular complexity index is 1150. The van der Waals surface area contributed by atoms with E-state index in [2.05, 4.69) is 16.0 Å². The summed E-state index contributed by atoms with van der Waals surface area (Å²) in [5.74, 6) is -4.06. The van der Waals surface area contributed by atoms with Gasteiger partial charge >= 0.3 is 18.0 Å². The summed E-state index contributed by atoms with van der Waals surface area (Å²) in [5, 5.41) is 27.8. The third kappa shape index (κ3) is 9.04. The number of carboxylic acid groups (broad SMARTS) is 2. The molecule has 1 heterocycles.